The zero-order valence-electron chi connectivity index (χ0n) is 15.3. The maximum absolute atomic E-state index is 12.5. The van der Waals surface area contributed by atoms with Gasteiger partial charge in [-0.15, -0.1) is 0 Å². The predicted octanol–water partition coefficient (Wildman–Crippen LogP) is 1.60. The Bertz CT molecular complexity index is 591. The average Bonchev–Trinajstić information content (AvgIpc) is 3.11. The third kappa shape index (κ3) is 4.42. The summed E-state index contributed by atoms with van der Waals surface area (Å²) in [6, 6.07) is 5.73. The van der Waals surface area contributed by atoms with Crippen LogP contribution in [-0.2, 0) is 20.8 Å². The van der Waals surface area contributed by atoms with E-state index in [2.05, 4.69) is 15.2 Å². The van der Waals surface area contributed by atoms with E-state index in [1.807, 2.05) is 18.2 Å². The first-order chi connectivity index (χ1) is 12.8. The number of likely N-dealkylation sites (tertiary alicyclic amines) is 1. The van der Waals surface area contributed by atoms with Crippen LogP contribution in [0, 0.1) is 11.8 Å². The molecule has 6 nitrogen and oxygen atoms in total. The molecule has 0 aliphatic carbocycles. The van der Waals surface area contributed by atoms with Crippen molar-refractivity contribution >= 4 is 5.91 Å². The molecule has 3 fully saturated rings. The second kappa shape index (κ2) is 8.46. The second-order valence-electron chi connectivity index (χ2n) is 7.80. The van der Waals surface area contributed by atoms with Crippen LogP contribution in [0.25, 0.3) is 0 Å². The monoisotopic (exact) mass is 359 g/mol. The average molecular weight is 359 g/mol. The van der Waals surface area contributed by atoms with Crippen molar-refractivity contribution < 1.29 is 14.3 Å². The van der Waals surface area contributed by atoms with Gasteiger partial charge < -0.3 is 19.7 Å². The van der Waals surface area contributed by atoms with Gasteiger partial charge in [0.15, 0.2) is 0 Å². The summed E-state index contributed by atoms with van der Waals surface area (Å²) in [6.07, 6.45) is 5.97. The van der Waals surface area contributed by atoms with Crippen molar-refractivity contribution in [1.29, 1.82) is 0 Å². The van der Waals surface area contributed by atoms with E-state index in [0.29, 0.717) is 12.5 Å². The normalized spacial score (nSPS) is 30.1. The first kappa shape index (κ1) is 17.9. The van der Waals surface area contributed by atoms with E-state index < -0.39 is 0 Å². The predicted molar refractivity (Wildman–Crippen MR) is 97.5 cm³/mol. The van der Waals surface area contributed by atoms with E-state index in [4.69, 9.17) is 9.47 Å². The molecule has 0 unspecified atom stereocenters. The largest absolute Gasteiger partial charge is 0.381 e. The fraction of sp³-hybridized carbons (Fsp3) is 0.700. The number of fused-ring (bicyclic) bond motifs is 1. The SMILES string of the molecule is O=C(NCc1ccccn1)[C@@H]1C[C@@H]2CCN(CC3CCOCC3)C[C@H]2O1. The molecule has 26 heavy (non-hydrogen) atoms. The first-order valence-electron chi connectivity index (χ1n) is 9.91. The van der Waals surface area contributed by atoms with Crippen LogP contribution in [0.4, 0.5) is 0 Å². The number of ether oxygens (including phenoxy) is 2. The van der Waals surface area contributed by atoms with Gasteiger partial charge >= 0.3 is 0 Å². The molecule has 4 heterocycles. The lowest BCUT2D eigenvalue weighted by atomic mass is 9.90. The summed E-state index contributed by atoms with van der Waals surface area (Å²) in [4.78, 5) is 19.2. The fourth-order valence-corrected chi connectivity index (χ4v) is 4.42. The molecule has 1 aromatic heterocycles. The molecule has 1 aromatic rings. The topological polar surface area (TPSA) is 63.7 Å². The lowest BCUT2D eigenvalue weighted by Crippen LogP contribution is -2.45. The minimum absolute atomic E-state index is 0.000956. The number of hydrogen-bond acceptors (Lipinski definition) is 5. The van der Waals surface area contributed by atoms with E-state index in [-0.39, 0.29) is 18.1 Å². The number of aromatic nitrogens is 1. The fourth-order valence-electron chi connectivity index (χ4n) is 4.42. The molecule has 3 saturated heterocycles. The highest BCUT2D eigenvalue weighted by Crippen LogP contribution is 2.34. The summed E-state index contributed by atoms with van der Waals surface area (Å²) < 4.78 is 11.6. The Labute approximate surface area is 155 Å². The Morgan fingerprint density at radius 2 is 2.15 bits per heavy atom. The molecule has 3 atom stereocenters. The number of piperidine rings is 1. The van der Waals surface area contributed by atoms with Crippen LogP contribution in [0.5, 0.6) is 0 Å². The van der Waals surface area contributed by atoms with E-state index in [1.54, 1.807) is 6.20 Å². The molecule has 6 heteroatoms. The minimum Gasteiger partial charge on any atom is -0.381 e. The highest BCUT2D eigenvalue weighted by atomic mass is 16.5. The van der Waals surface area contributed by atoms with Gasteiger partial charge in [0, 0.05) is 32.5 Å². The zero-order chi connectivity index (χ0) is 17.8. The van der Waals surface area contributed by atoms with E-state index in [9.17, 15) is 4.79 Å². The number of amides is 1. The number of nitrogens with one attached hydrogen (secondary N) is 1. The second-order valence-corrected chi connectivity index (χ2v) is 7.80. The van der Waals surface area contributed by atoms with Gasteiger partial charge in [-0.2, -0.15) is 0 Å². The number of carbonyl (C=O) groups is 1. The summed E-state index contributed by atoms with van der Waals surface area (Å²) >= 11 is 0. The minimum atomic E-state index is -0.309. The molecule has 142 valence electrons. The van der Waals surface area contributed by atoms with Crippen LogP contribution in [0.2, 0.25) is 0 Å². The van der Waals surface area contributed by atoms with Crippen LogP contribution < -0.4 is 5.32 Å². The van der Waals surface area contributed by atoms with Gasteiger partial charge in [-0.25, -0.2) is 0 Å². The lowest BCUT2D eigenvalue weighted by Gasteiger charge is -2.36. The molecule has 3 aliphatic rings. The van der Waals surface area contributed by atoms with E-state index >= 15 is 0 Å². The standard InChI is InChI=1S/C20H29N3O3/c24-20(22-12-17-3-1-2-7-21-17)18-11-16-4-8-23(14-19(16)26-18)13-15-5-9-25-10-6-15/h1-3,7,15-16,18-19H,4-6,8-14H2,(H,22,24)/t16-,18-,19+/m0/s1. The van der Waals surface area contributed by atoms with Crippen LogP contribution in [-0.4, -0.2) is 60.8 Å². The molecule has 0 radical (unpaired) electrons. The Hall–Kier alpha value is -1.50. The quantitative estimate of drug-likeness (QED) is 0.865. The molecule has 0 bridgehead atoms. The highest BCUT2D eigenvalue weighted by Gasteiger charge is 2.42. The third-order valence-corrected chi connectivity index (χ3v) is 5.96. The summed E-state index contributed by atoms with van der Waals surface area (Å²) in [5.41, 5.74) is 0.874. The van der Waals surface area contributed by atoms with Gasteiger partial charge in [0.05, 0.1) is 18.3 Å². The van der Waals surface area contributed by atoms with Crippen molar-refractivity contribution in [2.24, 2.45) is 11.8 Å². The van der Waals surface area contributed by atoms with Gasteiger partial charge in [0.25, 0.3) is 0 Å². The summed E-state index contributed by atoms with van der Waals surface area (Å²) in [6.45, 7) is 5.51. The Balaban J connectivity index is 1.24. The number of pyridine rings is 1. The third-order valence-electron chi connectivity index (χ3n) is 5.96. The Kier molecular flexibility index (Phi) is 5.82. The Morgan fingerprint density at radius 3 is 2.96 bits per heavy atom. The molecule has 0 saturated carbocycles. The molecular weight excluding hydrogens is 330 g/mol. The highest BCUT2D eigenvalue weighted by molar-refractivity contribution is 5.81. The van der Waals surface area contributed by atoms with E-state index in [1.165, 1.54) is 12.8 Å². The van der Waals surface area contributed by atoms with Crippen LogP contribution in [0.15, 0.2) is 24.4 Å². The number of rotatable bonds is 5. The van der Waals surface area contributed by atoms with Crippen molar-refractivity contribution in [3.8, 4) is 0 Å². The van der Waals surface area contributed by atoms with Crippen molar-refractivity contribution in [3.05, 3.63) is 30.1 Å². The zero-order valence-corrected chi connectivity index (χ0v) is 15.3. The number of carbonyl (C=O) groups excluding carboxylic acids is 1. The molecule has 4 rings (SSSR count). The summed E-state index contributed by atoms with van der Waals surface area (Å²) in [5, 5.41) is 2.97. The van der Waals surface area contributed by atoms with Crippen LogP contribution in [0.1, 0.15) is 31.4 Å². The first-order valence-corrected chi connectivity index (χ1v) is 9.91. The van der Waals surface area contributed by atoms with Crippen LogP contribution >= 0.6 is 0 Å². The van der Waals surface area contributed by atoms with Gasteiger partial charge in [-0.05, 0) is 56.2 Å². The van der Waals surface area contributed by atoms with Gasteiger partial charge in [-0.1, -0.05) is 6.07 Å². The van der Waals surface area contributed by atoms with Crippen LogP contribution in [0.3, 0.4) is 0 Å². The smallest absolute Gasteiger partial charge is 0.249 e. The van der Waals surface area contributed by atoms with E-state index in [0.717, 1.165) is 57.3 Å². The molecule has 1 N–H and O–H groups in total. The maximum atomic E-state index is 12.5. The van der Waals surface area contributed by atoms with Crippen molar-refractivity contribution in [1.82, 2.24) is 15.2 Å². The van der Waals surface area contributed by atoms with Gasteiger partial charge in [-0.3, -0.25) is 9.78 Å². The summed E-state index contributed by atoms with van der Waals surface area (Å²) in [7, 11) is 0. The van der Waals surface area contributed by atoms with Gasteiger partial charge in [0.1, 0.15) is 6.10 Å². The van der Waals surface area contributed by atoms with Crippen molar-refractivity contribution in [2.45, 2.75) is 44.4 Å². The van der Waals surface area contributed by atoms with Crippen molar-refractivity contribution in [2.75, 3.05) is 32.8 Å². The number of hydrogen-bond donors (Lipinski definition) is 1. The van der Waals surface area contributed by atoms with Crippen molar-refractivity contribution in [3.63, 3.8) is 0 Å². The molecular formula is C20H29N3O3. The Morgan fingerprint density at radius 1 is 1.27 bits per heavy atom. The molecule has 0 spiro atoms. The molecule has 1 amide bonds. The lowest BCUT2D eigenvalue weighted by molar-refractivity contribution is -0.133. The maximum Gasteiger partial charge on any atom is 0.249 e. The molecule has 0 aromatic carbocycles. The molecule has 3 aliphatic heterocycles. The summed E-state index contributed by atoms with van der Waals surface area (Å²) in [5.74, 6) is 1.27. The van der Waals surface area contributed by atoms with Gasteiger partial charge in [0.2, 0.25) is 5.91 Å². The number of nitrogens with zero attached hydrogens (tertiary/aromatic N) is 2.